The van der Waals surface area contributed by atoms with Gasteiger partial charge >= 0.3 is 0 Å². The standard InChI is InChI=1S/C16H15ClN2O2/c1-11(19-13-4-7-16(20)15(17)10-13)12-2-5-14(6-3-12)21-9-8-18/h2-7,10-11,19-20H,9H2,1H3. The molecule has 2 aromatic carbocycles. The van der Waals surface area contributed by atoms with Gasteiger partial charge in [-0.3, -0.25) is 0 Å². The molecule has 0 fully saturated rings. The van der Waals surface area contributed by atoms with Crippen LogP contribution in [0.4, 0.5) is 5.69 Å². The van der Waals surface area contributed by atoms with Gasteiger partial charge < -0.3 is 15.2 Å². The van der Waals surface area contributed by atoms with Gasteiger partial charge in [0.2, 0.25) is 0 Å². The van der Waals surface area contributed by atoms with E-state index in [1.54, 1.807) is 18.2 Å². The van der Waals surface area contributed by atoms with E-state index in [1.807, 2.05) is 37.3 Å². The van der Waals surface area contributed by atoms with E-state index in [2.05, 4.69) is 5.32 Å². The SMILES string of the molecule is CC(Nc1ccc(O)c(Cl)c1)c1ccc(OCC#N)cc1. The van der Waals surface area contributed by atoms with Crippen LogP contribution in [0.1, 0.15) is 18.5 Å². The summed E-state index contributed by atoms with van der Waals surface area (Å²) in [5.41, 5.74) is 1.90. The topological polar surface area (TPSA) is 65.3 Å². The fourth-order valence-corrected chi connectivity index (χ4v) is 2.08. The number of anilines is 1. The summed E-state index contributed by atoms with van der Waals surface area (Å²) in [7, 11) is 0. The largest absolute Gasteiger partial charge is 0.506 e. The molecule has 0 saturated heterocycles. The summed E-state index contributed by atoms with van der Waals surface area (Å²) in [5.74, 6) is 0.731. The molecule has 0 radical (unpaired) electrons. The van der Waals surface area contributed by atoms with Crippen molar-refractivity contribution >= 4 is 17.3 Å². The number of nitrogens with one attached hydrogen (secondary N) is 1. The van der Waals surface area contributed by atoms with Crippen LogP contribution in [0.3, 0.4) is 0 Å². The van der Waals surface area contributed by atoms with E-state index in [1.165, 1.54) is 0 Å². The Morgan fingerprint density at radius 1 is 1.29 bits per heavy atom. The van der Waals surface area contributed by atoms with Crippen LogP contribution in [-0.2, 0) is 0 Å². The van der Waals surface area contributed by atoms with Crippen LogP contribution in [-0.4, -0.2) is 11.7 Å². The van der Waals surface area contributed by atoms with Crippen molar-refractivity contribution in [2.75, 3.05) is 11.9 Å². The first kappa shape index (κ1) is 15.0. The van der Waals surface area contributed by atoms with Gasteiger partial charge in [0, 0.05) is 11.7 Å². The summed E-state index contributed by atoms with van der Waals surface area (Å²) in [5, 5.41) is 21.5. The van der Waals surface area contributed by atoms with E-state index >= 15 is 0 Å². The lowest BCUT2D eigenvalue weighted by Gasteiger charge is -2.16. The van der Waals surface area contributed by atoms with Crippen LogP contribution < -0.4 is 10.1 Å². The van der Waals surface area contributed by atoms with Gasteiger partial charge in [-0.15, -0.1) is 0 Å². The Labute approximate surface area is 128 Å². The van der Waals surface area contributed by atoms with Crippen molar-refractivity contribution < 1.29 is 9.84 Å². The second-order valence-electron chi connectivity index (χ2n) is 4.55. The van der Waals surface area contributed by atoms with Crippen molar-refractivity contribution in [2.24, 2.45) is 0 Å². The molecular weight excluding hydrogens is 288 g/mol. The average Bonchev–Trinajstić information content (AvgIpc) is 2.49. The number of phenols is 1. The van der Waals surface area contributed by atoms with Gasteiger partial charge in [-0.1, -0.05) is 23.7 Å². The van der Waals surface area contributed by atoms with E-state index in [0.29, 0.717) is 10.8 Å². The molecule has 0 amide bonds. The molecule has 0 aliphatic heterocycles. The van der Waals surface area contributed by atoms with E-state index in [9.17, 15) is 5.11 Å². The quantitative estimate of drug-likeness (QED) is 0.815. The second kappa shape index (κ2) is 6.87. The number of hydrogen-bond acceptors (Lipinski definition) is 4. The van der Waals surface area contributed by atoms with E-state index in [-0.39, 0.29) is 18.4 Å². The first-order valence-corrected chi connectivity index (χ1v) is 6.82. The smallest absolute Gasteiger partial charge is 0.174 e. The van der Waals surface area contributed by atoms with Gasteiger partial charge in [-0.05, 0) is 42.8 Å². The molecule has 0 aromatic heterocycles. The maximum Gasteiger partial charge on any atom is 0.174 e. The van der Waals surface area contributed by atoms with Gasteiger partial charge in [0.1, 0.15) is 17.6 Å². The number of hydrogen-bond donors (Lipinski definition) is 2. The molecule has 1 atom stereocenters. The summed E-state index contributed by atoms with van der Waals surface area (Å²) in [6.45, 7) is 2.06. The lowest BCUT2D eigenvalue weighted by molar-refractivity contribution is 0.368. The number of halogens is 1. The van der Waals surface area contributed by atoms with Gasteiger partial charge in [0.15, 0.2) is 6.61 Å². The molecular formula is C16H15ClN2O2. The van der Waals surface area contributed by atoms with E-state index in [0.717, 1.165) is 11.3 Å². The Morgan fingerprint density at radius 3 is 2.62 bits per heavy atom. The minimum atomic E-state index is 0.0408. The van der Waals surface area contributed by atoms with Crippen LogP contribution >= 0.6 is 11.6 Å². The fourth-order valence-electron chi connectivity index (χ4n) is 1.90. The molecule has 0 aliphatic rings. The first-order chi connectivity index (χ1) is 10.1. The molecule has 4 nitrogen and oxygen atoms in total. The van der Waals surface area contributed by atoms with Crippen molar-refractivity contribution in [2.45, 2.75) is 13.0 Å². The molecule has 0 spiro atoms. The molecule has 0 heterocycles. The molecule has 108 valence electrons. The van der Waals surface area contributed by atoms with Crippen molar-refractivity contribution in [3.05, 3.63) is 53.1 Å². The normalized spacial score (nSPS) is 11.5. The monoisotopic (exact) mass is 302 g/mol. The molecule has 2 rings (SSSR count). The molecule has 2 aromatic rings. The van der Waals surface area contributed by atoms with Gasteiger partial charge in [0.05, 0.1) is 5.02 Å². The van der Waals surface area contributed by atoms with Crippen LogP contribution in [0.15, 0.2) is 42.5 Å². The average molecular weight is 303 g/mol. The summed E-state index contributed by atoms with van der Waals surface area (Å²) in [6, 6.07) is 14.5. The minimum Gasteiger partial charge on any atom is -0.506 e. The molecule has 0 bridgehead atoms. The number of nitriles is 1. The number of ether oxygens (including phenoxy) is 1. The molecule has 0 aliphatic carbocycles. The van der Waals surface area contributed by atoms with Crippen molar-refractivity contribution in [3.63, 3.8) is 0 Å². The van der Waals surface area contributed by atoms with E-state index in [4.69, 9.17) is 21.6 Å². The molecule has 0 saturated carbocycles. The number of aromatic hydroxyl groups is 1. The number of rotatable bonds is 5. The Morgan fingerprint density at radius 2 is 2.00 bits per heavy atom. The zero-order valence-electron chi connectivity index (χ0n) is 11.5. The zero-order chi connectivity index (χ0) is 15.2. The first-order valence-electron chi connectivity index (χ1n) is 6.45. The number of phenolic OH excluding ortho intramolecular Hbond substituents is 1. The Hall–Kier alpha value is -2.38. The third-order valence-corrected chi connectivity index (χ3v) is 3.32. The van der Waals surface area contributed by atoms with Gasteiger partial charge in [-0.25, -0.2) is 0 Å². The lowest BCUT2D eigenvalue weighted by Crippen LogP contribution is -2.06. The van der Waals surface area contributed by atoms with Crippen LogP contribution in [0, 0.1) is 11.3 Å². The highest BCUT2D eigenvalue weighted by Gasteiger charge is 2.07. The predicted molar refractivity (Wildman–Crippen MR) is 82.7 cm³/mol. The van der Waals surface area contributed by atoms with Gasteiger partial charge in [0.25, 0.3) is 0 Å². The third kappa shape index (κ3) is 4.04. The summed E-state index contributed by atoms with van der Waals surface area (Å²) in [4.78, 5) is 0. The highest BCUT2D eigenvalue weighted by Crippen LogP contribution is 2.28. The Balaban J connectivity index is 2.04. The molecule has 1 unspecified atom stereocenters. The number of nitrogens with zero attached hydrogens (tertiary/aromatic N) is 1. The van der Waals surface area contributed by atoms with Crippen molar-refractivity contribution in [3.8, 4) is 17.6 Å². The Kier molecular flexibility index (Phi) is 4.91. The van der Waals surface area contributed by atoms with Crippen LogP contribution in [0.25, 0.3) is 0 Å². The predicted octanol–water partition coefficient (Wildman–Crippen LogP) is 4.12. The molecule has 2 N–H and O–H groups in total. The fraction of sp³-hybridized carbons (Fsp3) is 0.188. The van der Waals surface area contributed by atoms with Crippen molar-refractivity contribution in [1.82, 2.24) is 0 Å². The highest BCUT2D eigenvalue weighted by atomic mass is 35.5. The van der Waals surface area contributed by atoms with Crippen LogP contribution in [0.2, 0.25) is 5.02 Å². The van der Waals surface area contributed by atoms with E-state index < -0.39 is 0 Å². The second-order valence-corrected chi connectivity index (χ2v) is 4.96. The highest BCUT2D eigenvalue weighted by molar-refractivity contribution is 6.32. The maximum absolute atomic E-state index is 9.40. The van der Waals surface area contributed by atoms with Gasteiger partial charge in [-0.2, -0.15) is 5.26 Å². The van der Waals surface area contributed by atoms with Crippen LogP contribution in [0.5, 0.6) is 11.5 Å². The summed E-state index contributed by atoms with van der Waals surface area (Å²) >= 11 is 5.88. The van der Waals surface area contributed by atoms with Crippen molar-refractivity contribution in [1.29, 1.82) is 5.26 Å². The minimum absolute atomic E-state index is 0.0408. The molecule has 21 heavy (non-hydrogen) atoms. The zero-order valence-corrected chi connectivity index (χ0v) is 12.3. The summed E-state index contributed by atoms with van der Waals surface area (Å²) < 4.78 is 5.21. The maximum atomic E-state index is 9.40. The Bertz CT molecular complexity index is 650. The summed E-state index contributed by atoms with van der Waals surface area (Å²) in [6.07, 6.45) is 0. The lowest BCUT2D eigenvalue weighted by atomic mass is 10.1. The molecule has 5 heteroatoms. The third-order valence-electron chi connectivity index (χ3n) is 3.01. The number of benzene rings is 2.